The van der Waals surface area contributed by atoms with Crippen LogP contribution in [0.2, 0.25) is 0 Å². The fourth-order valence-electron chi connectivity index (χ4n) is 1.93. The number of hydrogen-bond donors (Lipinski definition) is 0. The second-order valence-electron chi connectivity index (χ2n) is 4.36. The van der Waals surface area contributed by atoms with E-state index in [4.69, 9.17) is 14.2 Å². The van der Waals surface area contributed by atoms with Crippen molar-refractivity contribution in [1.29, 1.82) is 0 Å². The average molecular weight is 416 g/mol. The maximum Gasteiger partial charge on any atom is 0.161 e. The Balaban J connectivity index is 2.18. The van der Waals surface area contributed by atoms with E-state index < -0.39 is 0 Å². The molecular weight excluding hydrogens is 400 g/mol. The fourth-order valence-corrected chi connectivity index (χ4v) is 2.69. The van der Waals surface area contributed by atoms with Crippen LogP contribution in [0.1, 0.15) is 11.1 Å². The van der Waals surface area contributed by atoms with E-state index >= 15 is 0 Å². The van der Waals surface area contributed by atoms with Gasteiger partial charge in [0.1, 0.15) is 12.4 Å². The van der Waals surface area contributed by atoms with Crippen molar-refractivity contribution in [1.82, 2.24) is 0 Å². The van der Waals surface area contributed by atoms with Crippen molar-refractivity contribution in [3.05, 3.63) is 52.0 Å². The van der Waals surface area contributed by atoms with Crippen molar-refractivity contribution in [2.75, 3.05) is 14.2 Å². The second-order valence-corrected chi connectivity index (χ2v) is 5.84. The lowest BCUT2D eigenvalue weighted by molar-refractivity contribution is 0.278. The van der Waals surface area contributed by atoms with Crippen LogP contribution in [-0.2, 0) is 11.9 Å². The molecule has 0 amide bonds. The zero-order chi connectivity index (χ0) is 15.2. The molecule has 5 heteroatoms. The molecule has 0 saturated carbocycles. The van der Waals surface area contributed by atoms with Gasteiger partial charge in [0.2, 0.25) is 0 Å². The lowest BCUT2D eigenvalue weighted by Gasteiger charge is -2.13. The van der Waals surface area contributed by atoms with Gasteiger partial charge in [0.25, 0.3) is 0 Å². The molecule has 0 fully saturated rings. The Labute approximate surface area is 141 Å². The van der Waals surface area contributed by atoms with Crippen molar-refractivity contribution < 1.29 is 14.2 Å². The second kappa shape index (κ2) is 7.71. The highest BCUT2D eigenvalue weighted by molar-refractivity contribution is 9.10. The monoisotopic (exact) mass is 414 g/mol. The van der Waals surface area contributed by atoms with Gasteiger partial charge in [-0.3, -0.25) is 0 Å². The molecule has 21 heavy (non-hydrogen) atoms. The standard InChI is InChI=1S/C16H16Br2O3/c1-19-14-6-4-13(18)8-12(14)10-21-15-5-3-11(9-17)7-16(15)20-2/h3-8H,9-10H2,1-2H3. The summed E-state index contributed by atoms with van der Waals surface area (Å²) in [5, 5.41) is 0.781. The number of methoxy groups -OCH3 is 2. The van der Waals surface area contributed by atoms with Crippen molar-refractivity contribution in [3.63, 3.8) is 0 Å². The third kappa shape index (κ3) is 4.14. The van der Waals surface area contributed by atoms with Crippen LogP contribution in [0.4, 0.5) is 0 Å². The molecule has 3 nitrogen and oxygen atoms in total. The number of benzene rings is 2. The van der Waals surface area contributed by atoms with Gasteiger partial charge in [0.15, 0.2) is 11.5 Å². The summed E-state index contributed by atoms with van der Waals surface area (Å²) in [7, 11) is 3.29. The number of halogens is 2. The minimum absolute atomic E-state index is 0.409. The minimum Gasteiger partial charge on any atom is -0.496 e. The molecule has 2 rings (SSSR count). The molecule has 112 valence electrons. The quantitative estimate of drug-likeness (QED) is 0.625. The first kappa shape index (κ1) is 16.2. The minimum atomic E-state index is 0.409. The molecule has 2 aromatic rings. The van der Waals surface area contributed by atoms with Gasteiger partial charge in [-0.05, 0) is 35.9 Å². The van der Waals surface area contributed by atoms with Gasteiger partial charge < -0.3 is 14.2 Å². The van der Waals surface area contributed by atoms with E-state index in [0.29, 0.717) is 12.4 Å². The zero-order valence-corrected chi connectivity index (χ0v) is 15.0. The topological polar surface area (TPSA) is 27.7 Å². The van der Waals surface area contributed by atoms with E-state index in [1.807, 2.05) is 36.4 Å². The molecule has 0 aliphatic rings. The van der Waals surface area contributed by atoms with Gasteiger partial charge in [-0.2, -0.15) is 0 Å². The van der Waals surface area contributed by atoms with Gasteiger partial charge in [0.05, 0.1) is 14.2 Å². The average Bonchev–Trinajstić information content (AvgIpc) is 2.52. The number of hydrogen-bond acceptors (Lipinski definition) is 3. The first-order valence-corrected chi connectivity index (χ1v) is 8.27. The van der Waals surface area contributed by atoms with E-state index in [-0.39, 0.29) is 0 Å². The summed E-state index contributed by atoms with van der Waals surface area (Å²) in [6.45, 7) is 0.409. The summed E-state index contributed by atoms with van der Waals surface area (Å²) in [5.74, 6) is 2.24. The Hall–Kier alpha value is -1.20. The molecule has 0 aliphatic heterocycles. The highest BCUT2D eigenvalue weighted by Gasteiger charge is 2.09. The summed E-state index contributed by atoms with van der Waals surface area (Å²) in [5.41, 5.74) is 2.11. The molecular formula is C16H16Br2O3. The first-order valence-electron chi connectivity index (χ1n) is 6.36. The number of alkyl halides is 1. The van der Waals surface area contributed by atoms with Crippen molar-refractivity contribution in [2.24, 2.45) is 0 Å². The van der Waals surface area contributed by atoms with E-state index in [1.54, 1.807) is 14.2 Å². The van der Waals surface area contributed by atoms with Crippen LogP contribution >= 0.6 is 31.9 Å². The Morgan fingerprint density at radius 3 is 2.29 bits per heavy atom. The van der Waals surface area contributed by atoms with Crippen LogP contribution in [0.5, 0.6) is 17.2 Å². The number of rotatable bonds is 6. The SMILES string of the molecule is COc1ccc(Br)cc1COc1ccc(CBr)cc1OC. The van der Waals surface area contributed by atoms with Crippen molar-refractivity contribution in [3.8, 4) is 17.2 Å². The van der Waals surface area contributed by atoms with Crippen LogP contribution in [0.3, 0.4) is 0 Å². The van der Waals surface area contributed by atoms with Crippen LogP contribution < -0.4 is 14.2 Å². The molecule has 0 bridgehead atoms. The van der Waals surface area contributed by atoms with Crippen LogP contribution in [0.15, 0.2) is 40.9 Å². The Bertz CT molecular complexity index is 614. The van der Waals surface area contributed by atoms with Gasteiger partial charge >= 0.3 is 0 Å². The van der Waals surface area contributed by atoms with Crippen LogP contribution in [0.25, 0.3) is 0 Å². The summed E-state index contributed by atoms with van der Waals surface area (Å²) >= 11 is 6.89. The predicted molar refractivity (Wildman–Crippen MR) is 90.7 cm³/mol. The molecule has 0 N–H and O–H groups in total. The maximum atomic E-state index is 5.87. The Kier molecular flexibility index (Phi) is 5.94. The summed E-state index contributed by atoms with van der Waals surface area (Å²) in [4.78, 5) is 0. The van der Waals surface area contributed by atoms with E-state index in [1.165, 1.54) is 0 Å². The van der Waals surface area contributed by atoms with Crippen LogP contribution in [-0.4, -0.2) is 14.2 Å². The smallest absolute Gasteiger partial charge is 0.161 e. The van der Waals surface area contributed by atoms with Crippen molar-refractivity contribution >= 4 is 31.9 Å². The molecule has 0 spiro atoms. The Morgan fingerprint density at radius 2 is 1.62 bits per heavy atom. The molecule has 0 saturated heterocycles. The summed E-state index contributed by atoms with van der Waals surface area (Å²) in [6, 6.07) is 11.7. The molecule has 2 aromatic carbocycles. The first-order chi connectivity index (χ1) is 10.2. The van der Waals surface area contributed by atoms with E-state index in [0.717, 1.165) is 32.4 Å². The lowest BCUT2D eigenvalue weighted by Crippen LogP contribution is -2.00. The lowest BCUT2D eigenvalue weighted by atomic mass is 10.2. The summed E-state index contributed by atoms with van der Waals surface area (Å²) in [6.07, 6.45) is 0. The van der Waals surface area contributed by atoms with Crippen molar-refractivity contribution in [2.45, 2.75) is 11.9 Å². The molecule has 0 unspecified atom stereocenters. The molecule has 0 aliphatic carbocycles. The predicted octanol–water partition coefficient (Wildman–Crippen LogP) is 4.94. The maximum absolute atomic E-state index is 5.87. The van der Waals surface area contributed by atoms with Gasteiger partial charge in [-0.15, -0.1) is 0 Å². The van der Waals surface area contributed by atoms with Gasteiger partial charge in [0, 0.05) is 15.4 Å². The Morgan fingerprint density at radius 1 is 0.905 bits per heavy atom. The number of ether oxygens (including phenoxy) is 3. The van der Waals surface area contributed by atoms with E-state index in [9.17, 15) is 0 Å². The zero-order valence-electron chi connectivity index (χ0n) is 11.9. The molecule has 0 atom stereocenters. The molecule has 0 heterocycles. The third-order valence-electron chi connectivity index (χ3n) is 3.01. The molecule has 0 aromatic heterocycles. The highest BCUT2D eigenvalue weighted by atomic mass is 79.9. The van der Waals surface area contributed by atoms with Crippen LogP contribution in [0, 0.1) is 0 Å². The third-order valence-corrected chi connectivity index (χ3v) is 4.15. The normalized spacial score (nSPS) is 10.3. The largest absolute Gasteiger partial charge is 0.496 e. The fraction of sp³-hybridized carbons (Fsp3) is 0.250. The van der Waals surface area contributed by atoms with Gasteiger partial charge in [-0.1, -0.05) is 37.9 Å². The summed E-state index contributed by atoms with van der Waals surface area (Å²) < 4.78 is 17.6. The van der Waals surface area contributed by atoms with Gasteiger partial charge in [-0.25, -0.2) is 0 Å². The highest BCUT2D eigenvalue weighted by Crippen LogP contribution is 2.31. The van der Waals surface area contributed by atoms with E-state index in [2.05, 4.69) is 31.9 Å². The molecule has 0 radical (unpaired) electrons.